The second kappa shape index (κ2) is 4.93. The summed E-state index contributed by atoms with van der Waals surface area (Å²) in [6, 6.07) is 1.17. The van der Waals surface area contributed by atoms with E-state index < -0.39 is 8.07 Å². The van der Waals surface area contributed by atoms with Crippen molar-refractivity contribution in [2.75, 3.05) is 6.61 Å². The van der Waals surface area contributed by atoms with Gasteiger partial charge in [-0.15, -0.1) is 0 Å². The van der Waals surface area contributed by atoms with Crippen molar-refractivity contribution in [2.24, 2.45) is 0 Å². The van der Waals surface area contributed by atoms with Crippen LogP contribution in [0.5, 0.6) is 0 Å². The molecule has 0 aliphatic carbocycles. The minimum Gasteiger partial charge on any atom is -0.359 e. The van der Waals surface area contributed by atoms with Crippen molar-refractivity contribution < 1.29 is 4.74 Å². The molecule has 92 valence electrons. The van der Waals surface area contributed by atoms with Crippen molar-refractivity contribution in [1.82, 2.24) is 19.7 Å². The first-order valence-electron chi connectivity index (χ1n) is 5.75. The van der Waals surface area contributed by atoms with E-state index in [1.807, 2.05) is 0 Å². The summed E-state index contributed by atoms with van der Waals surface area (Å²) < 4.78 is 7.40. The Morgan fingerprint density at radius 2 is 2.12 bits per heavy atom. The van der Waals surface area contributed by atoms with E-state index in [1.165, 1.54) is 12.4 Å². The smallest absolute Gasteiger partial charge is 0.163 e. The maximum atomic E-state index is 5.64. The van der Waals surface area contributed by atoms with Crippen molar-refractivity contribution in [3.63, 3.8) is 0 Å². The van der Waals surface area contributed by atoms with Gasteiger partial charge in [0.15, 0.2) is 5.65 Å². The molecule has 0 aromatic carbocycles. The molecular formula is C11H18N4OSi. The number of hydrogen-bond acceptors (Lipinski definition) is 4. The second-order valence-electron chi connectivity index (χ2n) is 5.29. The van der Waals surface area contributed by atoms with Crippen LogP contribution in [0.4, 0.5) is 0 Å². The summed E-state index contributed by atoms with van der Waals surface area (Å²) in [5.74, 6) is 0. The highest BCUT2D eigenvalue weighted by atomic mass is 28.3. The number of hydrogen-bond donors (Lipinski definition) is 0. The van der Waals surface area contributed by atoms with Crippen molar-refractivity contribution >= 4 is 19.1 Å². The Hall–Kier alpha value is -1.27. The quantitative estimate of drug-likeness (QED) is 0.602. The van der Waals surface area contributed by atoms with Crippen LogP contribution in [0.15, 0.2) is 18.7 Å². The minimum atomic E-state index is -1.01. The Bertz CT molecular complexity index is 491. The number of rotatable bonds is 5. The third-order valence-electron chi connectivity index (χ3n) is 2.51. The summed E-state index contributed by atoms with van der Waals surface area (Å²) in [6.07, 6.45) is 5.05. The van der Waals surface area contributed by atoms with Crippen molar-refractivity contribution in [1.29, 1.82) is 0 Å². The van der Waals surface area contributed by atoms with Crippen LogP contribution < -0.4 is 0 Å². The number of nitrogens with zero attached hydrogens (tertiary/aromatic N) is 4. The topological polar surface area (TPSA) is 52.8 Å². The van der Waals surface area contributed by atoms with Gasteiger partial charge in [-0.05, 0) is 6.04 Å². The summed E-state index contributed by atoms with van der Waals surface area (Å²) in [5.41, 5.74) is 0.827. The van der Waals surface area contributed by atoms with E-state index in [4.69, 9.17) is 4.74 Å². The van der Waals surface area contributed by atoms with Gasteiger partial charge in [0.25, 0.3) is 0 Å². The van der Waals surface area contributed by atoms with Crippen LogP contribution in [0.3, 0.4) is 0 Å². The van der Waals surface area contributed by atoms with Gasteiger partial charge in [0, 0.05) is 20.9 Å². The van der Waals surface area contributed by atoms with E-state index in [1.54, 1.807) is 17.1 Å². The predicted octanol–water partition coefficient (Wildman–Crippen LogP) is 2.14. The van der Waals surface area contributed by atoms with Crippen LogP contribution in [0, 0.1) is 0 Å². The van der Waals surface area contributed by atoms with Crippen LogP contribution in [0.1, 0.15) is 0 Å². The van der Waals surface area contributed by atoms with Crippen molar-refractivity contribution in [3.8, 4) is 0 Å². The third kappa shape index (κ3) is 3.34. The molecule has 2 heterocycles. The largest absolute Gasteiger partial charge is 0.359 e. The van der Waals surface area contributed by atoms with E-state index in [0.717, 1.165) is 17.6 Å². The van der Waals surface area contributed by atoms with Crippen molar-refractivity contribution in [3.05, 3.63) is 18.7 Å². The summed E-state index contributed by atoms with van der Waals surface area (Å²) in [5, 5.41) is 5.18. The normalized spacial score (nSPS) is 12.2. The summed E-state index contributed by atoms with van der Waals surface area (Å²) in [6.45, 7) is 8.28. The maximum absolute atomic E-state index is 5.64. The average molecular weight is 250 g/mol. The highest BCUT2D eigenvalue weighted by Gasteiger charge is 2.12. The zero-order valence-electron chi connectivity index (χ0n) is 10.6. The Morgan fingerprint density at radius 1 is 1.29 bits per heavy atom. The van der Waals surface area contributed by atoms with Crippen LogP contribution in [-0.2, 0) is 11.5 Å². The Balaban J connectivity index is 1.91. The Kier molecular flexibility index (Phi) is 3.53. The molecule has 0 atom stereocenters. The Morgan fingerprint density at radius 3 is 2.88 bits per heavy atom. The lowest BCUT2D eigenvalue weighted by Gasteiger charge is -2.15. The van der Waals surface area contributed by atoms with Gasteiger partial charge in [-0.3, -0.25) is 0 Å². The van der Waals surface area contributed by atoms with Gasteiger partial charge in [0.05, 0.1) is 11.6 Å². The molecular weight excluding hydrogens is 232 g/mol. The SMILES string of the molecule is C[Si](C)(C)CCOCn1ncc2cncnc21. The molecule has 0 N–H and O–H groups in total. The zero-order valence-corrected chi connectivity index (χ0v) is 11.6. The number of fused-ring (bicyclic) bond motifs is 1. The fraction of sp³-hybridized carbons (Fsp3) is 0.545. The van der Waals surface area contributed by atoms with E-state index in [0.29, 0.717) is 6.73 Å². The monoisotopic (exact) mass is 250 g/mol. The molecule has 0 unspecified atom stereocenters. The first-order chi connectivity index (χ1) is 8.06. The molecule has 5 nitrogen and oxygen atoms in total. The molecule has 0 radical (unpaired) electrons. The van der Waals surface area contributed by atoms with E-state index in [-0.39, 0.29) is 0 Å². The fourth-order valence-corrected chi connectivity index (χ4v) is 2.21. The van der Waals surface area contributed by atoms with Gasteiger partial charge < -0.3 is 4.74 Å². The minimum absolute atomic E-state index is 0.463. The molecule has 2 aromatic heterocycles. The molecule has 0 saturated carbocycles. The third-order valence-corrected chi connectivity index (χ3v) is 4.21. The standard InChI is InChI=1S/C11H18N4OSi/c1-17(2,3)5-4-16-9-15-11-10(7-14-15)6-12-8-13-11/h6-8H,4-5,9H2,1-3H3. The van der Waals surface area contributed by atoms with Gasteiger partial charge >= 0.3 is 0 Å². The van der Waals surface area contributed by atoms with Gasteiger partial charge in [0.1, 0.15) is 13.1 Å². The lowest BCUT2D eigenvalue weighted by atomic mass is 10.4. The highest BCUT2D eigenvalue weighted by Crippen LogP contribution is 2.10. The average Bonchev–Trinajstić information content (AvgIpc) is 2.67. The van der Waals surface area contributed by atoms with Crippen LogP contribution in [0.2, 0.25) is 25.7 Å². The molecule has 0 fully saturated rings. The van der Waals surface area contributed by atoms with Gasteiger partial charge in [0.2, 0.25) is 0 Å². The molecule has 2 aromatic rings. The van der Waals surface area contributed by atoms with Crippen LogP contribution in [0.25, 0.3) is 11.0 Å². The summed E-state index contributed by atoms with van der Waals surface area (Å²) >= 11 is 0. The molecule has 0 saturated heterocycles. The second-order valence-corrected chi connectivity index (χ2v) is 10.9. The Labute approximate surface area is 102 Å². The van der Waals surface area contributed by atoms with E-state index >= 15 is 0 Å². The lowest BCUT2D eigenvalue weighted by Crippen LogP contribution is -2.22. The molecule has 6 heteroatoms. The molecule has 0 spiro atoms. The van der Waals surface area contributed by atoms with Crippen LogP contribution >= 0.6 is 0 Å². The number of aromatic nitrogens is 4. The van der Waals surface area contributed by atoms with Crippen molar-refractivity contribution in [2.45, 2.75) is 32.4 Å². The van der Waals surface area contributed by atoms with Gasteiger partial charge in [-0.1, -0.05) is 19.6 Å². The fourth-order valence-electron chi connectivity index (χ4n) is 1.45. The molecule has 0 aliphatic heterocycles. The van der Waals surface area contributed by atoms with E-state index in [2.05, 4.69) is 34.7 Å². The molecule has 0 bridgehead atoms. The maximum Gasteiger partial charge on any atom is 0.163 e. The lowest BCUT2D eigenvalue weighted by molar-refractivity contribution is 0.0813. The zero-order chi connectivity index (χ0) is 12.3. The molecule has 0 amide bonds. The highest BCUT2D eigenvalue weighted by molar-refractivity contribution is 6.76. The molecule has 17 heavy (non-hydrogen) atoms. The number of ether oxygens (including phenoxy) is 1. The van der Waals surface area contributed by atoms with Gasteiger partial charge in [-0.25, -0.2) is 14.6 Å². The first kappa shape index (κ1) is 12.2. The molecule has 0 aliphatic rings. The first-order valence-corrected chi connectivity index (χ1v) is 9.46. The summed E-state index contributed by atoms with van der Waals surface area (Å²) in [4.78, 5) is 8.14. The van der Waals surface area contributed by atoms with E-state index in [9.17, 15) is 0 Å². The van der Waals surface area contributed by atoms with Gasteiger partial charge in [-0.2, -0.15) is 5.10 Å². The summed E-state index contributed by atoms with van der Waals surface area (Å²) in [7, 11) is -1.01. The van der Waals surface area contributed by atoms with Crippen LogP contribution in [-0.4, -0.2) is 34.4 Å². The molecule has 2 rings (SSSR count). The predicted molar refractivity (Wildman–Crippen MR) is 69.4 cm³/mol.